The largest absolute Gasteiger partial charge is 0.332 e. The molecular weight excluding hydrogens is 497 g/mol. The molecule has 0 aliphatic carbocycles. The maximum absolute atomic E-state index is 13.7. The van der Waals surface area contributed by atoms with E-state index in [2.05, 4.69) is 4.90 Å². The first-order valence-corrected chi connectivity index (χ1v) is 13.5. The average molecular weight is 528 g/mol. The van der Waals surface area contributed by atoms with Crippen LogP contribution in [0.1, 0.15) is 39.2 Å². The normalized spacial score (nSPS) is 13.6. The van der Waals surface area contributed by atoms with Crippen LogP contribution in [0.15, 0.2) is 60.0 Å². The molecule has 2 heterocycles. The van der Waals surface area contributed by atoms with Gasteiger partial charge in [-0.15, -0.1) is 11.3 Å². The first-order valence-electron chi connectivity index (χ1n) is 12.2. The SMILES string of the molecule is Cc1ccsc1CN(Cc1ccc(F)cc1)C(=O)CN(CCN1CCCC1)C(=O)c1cccc(Cl)c1. The monoisotopic (exact) mass is 527 g/mol. The zero-order valence-corrected chi connectivity index (χ0v) is 22.0. The number of hydrogen-bond acceptors (Lipinski definition) is 4. The molecule has 4 rings (SSSR count). The minimum absolute atomic E-state index is 0.0369. The molecule has 1 saturated heterocycles. The van der Waals surface area contributed by atoms with Gasteiger partial charge in [0.1, 0.15) is 12.4 Å². The maximum atomic E-state index is 13.7. The molecule has 1 fully saturated rings. The number of halogens is 2. The van der Waals surface area contributed by atoms with Crippen molar-refractivity contribution in [2.75, 3.05) is 32.7 Å². The van der Waals surface area contributed by atoms with Crippen LogP contribution in [0, 0.1) is 12.7 Å². The highest BCUT2D eigenvalue weighted by molar-refractivity contribution is 7.10. The van der Waals surface area contributed by atoms with Crippen LogP contribution in [0.3, 0.4) is 0 Å². The highest BCUT2D eigenvalue weighted by Gasteiger charge is 2.25. The van der Waals surface area contributed by atoms with E-state index in [-0.39, 0.29) is 24.2 Å². The summed E-state index contributed by atoms with van der Waals surface area (Å²) < 4.78 is 13.5. The van der Waals surface area contributed by atoms with Gasteiger partial charge >= 0.3 is 0 Å². The third-order valence-electron chi connectivity index (χ3n) is 6.51. The molecule has 0 unspecified atom stereocenters. The molecule has 0 bridgehead atoms. The van der Waals surface area contributed by atoms with Gasteiger partial charge in [-0.05, 0) is 85.8 Å². The first kappa shape index (κ1) is 26.3. The molecule has 1 aliphatic heterocycles. The van der Waals surface area contributed by atoms with Crippen molar-refractivity contribution < 1.29 is 14.0 Å². The predicted molar refractivity (Wildman–Crippen MR) is 143 cm³/mol. The number of hydrogen-bond donors (Lipinski definition) is 0. The molecule has 5 nitrogen and oxygen atoms in total. The van der Waals surface area contributed by atoms with E-state index in [1.807, 2.05) is 18.4 Å². The molecule has 190 valence electrons. The Hall–Kier alpha value is -2.74. The third kappa shape index (κ3) is 7.15. The quantitative estimate of drug-likeness (QED) is 0.344. The lowest BCUT2D eigenvalue weighted by atomic mass is 10.1. The highest BCUT2D eigenvalue weighted by atomic mass is 35.5. The van der Waals surface area contributed by atoms with Gasteiger partial charge in [0.05, 0.1) is 6.54 Å². The fourth-order valence-corrected chi connectivity index (χ4v) is 5.48. The lowest BCUT2D eigenvalue weighted by Gasteiger charge is -2.29. The number of nitrogens with zero attached hydrogens (tertiary/aromatic N) is 3. The average Bonchev–Trinajstić information content (AvgIpc) is 3.54. The molecule has 3 aromatic rings. The van der Waals surface area contributed by atoms with Crippen LogP contribution in [0.5, 0.6) is 0 Å². The number of likely N-dealkylation sites (tertiary alicyclic amines) is 1. The fourth-order valence-electron chi connectivity index (χ4n) is 4.37. The summed E-state index contributed by atoms with van der Waals surface area (Å²) in [6.07, 6.45) is 2.32. The van der Waals surface area contributed by atoms with Crippen LogP contribution in [0.4, 0.5) is 4.39 Å². The number of aryl methyl sites for hydroxylation is 1. The lowest BCUT2D eigenvalue weighted by molar-refractivity contribution is -0.133. The van der Waals surface area contributed by atoms with Crippen molar-refractivity contribution in [3.8, 4) is 0 Å². The molecule has 0 atom stereocenters. The number of carbonyl (C=O) groups excluding carboxylic acids is 2. The van der Waals surface area contributed by atoms with E-state index in [4.69, 9.17) is 11.6 Å². The van der Waals surface area contributed by atoms with Crippen LogP contribution < -0.4 is 0 Å². The number of benzene rings is 2. The Kier molecular flexibility index (Phi) is 9.13. The van der Waals surface area contributed by atoms with Gasteiger partial charge in [0, 0.05) is 35.1 Å². The standard InChI is InChI=1S/C28H31ClFN3O2S/c1-21-11-16-36-26(21)19-33(18-22-7-9-25(30)10-8-22)27(34)20-32(15-14-31-12-2-3-13-31)28(35)23-5-4-6-24(29)17-23/h4-11,16-17H,2-3,12-15,18-20H2,1H3. The smallest absolute Gasteiger partial charge is 0.254 e. The highest BCUT2D eigenvalue weighted by Crippen LogP contribution is 2.20. The predicted octanol–water partition coefficient (Wildman–Crippen LogP) is 5.62. The Labute approximate surface area is 221 Å². The lowest BCUT2D eigenvalue weighted by Crippen LogP contribution is -2.45. The molecule has 1 aromatic heterocycles. The van der Waals surface area contributed by atoms with Crippen LogP contribution in [0.25, 0.3) is 0 Å². The summed E-state index contributed by atoms with van der Waals surface area (Å²) in [6, 6.07) is 15.1. The molecule has 0 spiro atoms. The summed E-state index contributed by atoms with van der Waals surface area (Å²) in [5.41, 5.74) is 2.43. The second-order valence-corrected chi connectivity index (χ2v) is 10.6. The van der Waals surface area contributed by atoms with Crippen LogP contribution in [-0.4, -0.2) is 59.2 Å². The maximum Gasteiger partial charge on any atom is 0.254 e. The minimum atomic E-state index is -0.314. The van der Waals surface area contributed by atoms with Crippen molar-refractivity contribution in [2.45, 2.75) is 32.9 Å². The van der Waals surface area contributed by atoms with E-state index in [1.54, 1.807) is 57.5 Å². The number of rotatable bonds is 10. The molecule has 0 N–H and O–H groups in total. The molecular formula is C28H31ClFN3O2S. The van der Waals surface area contributed by atoms with E-state index in [0.717, 1.165) is 48.5 Å². The second-order valence-electron chi connectivity index (χ2n) is 9.19. The van der Waals surface area contributed by atoms with E-state index < -0.39 is 0 Å². The van der Waals surface area contributed by atoms with E-state index in [1.165, 1.54) is 12.1 Å². The fraction of sp³-hybridized carbons (Fsp3) is 0.357. The van der Waals surface area contributed by atoms with Crippen LogP contribution in [0.2, 0.25) is 5.02 Å². The molecule has 36 heavy (non-hydrogen) atoms. The van der Waals surface area contributed by atoms with Crippen molar-refractivity contribution in [3.63, 3.8) is 0 Å². The minimum Gasteiger partial charge on any atom is -0.332 e. The van der Waals surface area contributed by atoms with E-state index >= 15 is 0 Å². The summed E-state index contributed by atoms with van der Waals surface area (Å²) in [5.74, 6) is -0.672. The van der Waals surface area contributed by atoms with Gasteiger partial charge in [-0.3, -0.25) is 9.59 Å². The first-order chi connectivity index (χ1) is 17.4. The number of amides is 2. The number of thiophene rings is 1. The molecule has 2 amide bonds. The van der Waals surface area contributed by atoms with Gasteiger partial charge in [0.25, 0.3) is 5.91 Å². The van der Waals surface area contributed by atoms with Gasteiger partial charge < -0.3 is 14.7 Å². The Bertz CT molecular complexity index is 1180. The Morgan fingerprint density at radius 1 is 1.03 bits per heavy atom. The summed E-state index contributed by atoms with van der Waals surface area (Å²) in [5, 5.41) is 2.49. The van der Waals surface area contributed by atoms with Crippen LogP contribution in [-0.2, 0) is 17.9 Å². The third-order valence-corrected chi connectivity index (χ3v) is 7.75. The topological polar surface area (TPSA) is 43.9 Å². The van der Waals surface area contributed by atoms with Gasteiger partial charge in [-0.2, -0.15) is 0 Å². The summed E-state index contributed by atoms with van der Waals surface area (Å²) in [6.45, 7) is 5.97. The van der Waals surface area contributed by atoms with Crippen molar-refractivity contribution in [1.82, 2.24) is 14.7 Å². The van der Waals surface area contributed by atoms with Crippen molar-refractivity contribution >= 4 is 34.8 Å². The van der Waals surface area contributed by atoms with E-state index in [0.29, 0.717) is 30.2 Å². The van der Waals surface area contributed by atoms with Gasteiger partial charge in [-0.25, -0.2) is 4.39 Å². The van der Waals surface area contributed by atoms with Crippen LogP contribution >= 0.6 is 22.9 Å². The zero-order chi connectivity index (χ0) is 25.5. The molecule has 1 aliphatic rings. The van der Waals surface area contributed by atoms with Gasteiger partial charge in [0.15, 0.2) is 0 Å². The summed E-state index contributed by atoms with van der Waals surface area (Å²) in [7, 11) is 0. The van der Waals surface area contributed by atoms with Gasteiger partial charge in [0.2, 0.25) is 5.91 Å². The van der Waals surface area contributed by atoms with Crippen molar-refractivity contribution in [1.29, 1.82) is 0 Å². The Balaban J connectivity index is 1.54. The second kappa shape index (κ2) is 12.5. The Morgan fingerprint density at radius 3 is 2.44 bits per heavy atom. The van der Waals surface area contributed by atoms with Crippen molar-refractivity contribution in [3.05, 3.63) is 92.4 Å². The molecule has 0 radical (unpaired) electrons. The van der Waals surface area contributed by atoms with Gasteiger partial charge in [-0.1, -0.05) is 29.8 Å². The molecule has 2 aromatic carbocycles. The summed E-state index contributed by atoms with van der Waals surface area (Å²) in [4.78, 5) is 34.0. The molecule has 8 heteroatoms. The van der Waals surface area contributed by atoms with Crippen molar-refractivity contribution in [2.24, 2.45) is 0 Å². The zero-order valence-electron chi connectivity index (χ0n) is 20.5. The summed E-state index contributed by atoms with van der Waals surface area (Å²) >= 11 is 7.75. The number of carbonyl (C=O) groups is 2. The molecule has 0 saturated carbocycles. The van der Waals surface area contributed by atoms with E-state index in [9.17, 15) is 14.0 Å². The Morgan fingerprint density at radius 2 is 1.78 bits per heavy atom.